The van der Waals surface area contributed by atoms with Gasteiger partial charge in [-0.25, -0.2) is 4.79 Å². The van der Waals surface area contributed by atoms with Crippen molar-refractivity contribution < 1.29 is 29.0 Å². The summed E-state index contributed by atoms with van der Waals surface area (Å²) in [4.78, 5) is 51.7. The number of nitriles is 1. The van der Waals surface area contributed by atoms with Crippen LogP contribution in [0.3, 0.4) is 0 Å². The van der Waals surface area contributed by atoms with E-state index in [9.17, 15) is 29.5 Å². The van der Waals surface area contributed by atoms with Crippen molar-refractivity contribution in [3.8, 4) is 11.8 Å². The summed E-state index contributed by atoms with van der Waals surface area (Å²) in [6.07, 6.45) is -1.33. The molecule has 0 aromatic heterocycles. The van der Waals surface area contributed by atoms with Gasteiger partial charge in [-0.1, -0.05) is 12.1 Å². The SMILES string of the molecule is CC(C)(C)NC(=O)C(c1cccc(O)c1)N(CC#N)C(=O)C(CCC(N)=O)NC(=O)OC(C)(C)C. The van der Waals surface area contributed by atoms with Crippen LogP contribution in [0.2, 0.25) is 0 Å². The molecule has 0 aliphatic rings. The van der Waals surface area contributed by atoms with Crippen molar-refractivity contribution in [2.75, 3.05) is 6.54 Å². The molecule has 192 valence electrons. The maximum absolute atomic E-state index is 13.6. The number of carbonyl (C=O) groups excluding carboxylic acids is 4. The zero-order chi connectivity index (χ0) is 27.0. The van der Waals surface area contributed by atoms with Gasteiger partial charge in [-0.3, -0.25) is 14.4 Å². The number of phenols is 1. The molecule has 0 saturated carbocycles. The lowest BCUT2D eigenvalue weighted by molar-refractivity contribution is -0.142. The molecule has 0 aliphatic carbocycles. The molecule has 0 spiro atoms. The van der Waals surface area contributed by atoms with Gasteiger partial charge in [-0.05, 0) is 65.7 Å². The van der Waals surface area contributed by atoms with Crippen molar-refractivity contribution in [3.05, 3.63) is 29.8 Å². The van der Waals surface area contributed by atoms with Crippen LogP contribution in [0, 0.1) is 11.3 Å². The third-order valence-electron chi connectivity index (χ3n) is 4.44. The van der Waals surface area contributed by atoms with E-state index in [1.54, 1.807) is 41.5 Å². The number of rotatable bonds is 9. The summed E-state index contributed by atoms with van der Waals surface area (Å²) in [7, 11) is 0. The Hall–Kier alpha value is -3.81. The van der Waals surface area contributed by atoms with Gasteiger partial charge in [0.2, 0.25) is 17.7 Å². The Morgan fingerprint density at radius 3 is 2.29 bits per heavy atom. The number of carbonyl (C=O) groups is 4. The Labute approximate surface area is 205 Å². The molecule has 0 saturated heterocycles. The Balaban J connectivity index is 3.48. The molecule has 2 atom stereocenters. The van der Waals surface area contributed by atoms with E-state index in [1.807, 2.05) is 6.07 Å². The monoisotopic (exact) mass is 489 g/mol. The maximum atomic E-state index is 13.6. The minimum absolute atomic E-state index is 0.141. The second kappa shape index (κ2) is 12.1. The van der Waals surface area contributed by atoms with Crippen LogP contribution < -0.4 is 16.4 Å². The average Bonchev–Trinajstić information content (AvgIpc) is 2.67. The minimum atomic E-state index is -1.31. The Kier molecular flexibility index (Phi) is 10.1. The number of nitrogens with zero attached hydrogens (tertiary/aromatic N) is 2. The van der Waals surface area contributed by atoms with Gasteiger partial charge in [0.15, 0.2) is 0 Å². The largest absolute Gasteiger partial charge is 0.508 e. The fourth-order valence-corrected chi connectivity index (χ4v) is 3.17. The first-order valence-electron chi connectivity index (χ1n) is 11.1. The van der Waals surface area contributed by atoms with E-state index < -0.39 is 53.6 Å². The predicted molar refractivity (Wildman–Crippen MR) is 128 cm³/mol. The normalized spacial score (nSPS) is 13.1. The fraction of sp³-hybridized carbons (Fsp3) is 0.542. The van der Waals surface area contributed by atoms with E-state index in [4.69, 9.17) is 10.5 Å². The summed E-state index contributed by atoms with van der Waals surface area (Å²) in [5.74, 6) is -2.23. The molecule has 0 aliphatic heterocycles. The molecule has 0 fully saturated rings. The summed E-state index contributed by atoms with van der Waals surface area (Å²) in [5, 5.41) is 24.7. The molecule has 5 N–H and O–H groups in total. The molecule has 11 nitrogen and oxygen atoms in total. The number of aromatic hydroxyl groups is 1. The minimum Gasteiger partial charge on any atom is -0.508 e. The molecule has 0 heterocycles. The predicted octanol–water partition coefficient (Wildman–Crippen LogP) is 1.86. The van der Waals surface area contributed by atoms with Crippen LogP contribution in [-0.4, -0.2) is 57.5 Å². The standard InChI is InChI=1S/C24H35N5O6/c1-23(2,3)28-20(32)19(15-8-7-9-16(30)14-15)29(13-12-25)21(33)17(10-11-18(26)31)27-22(34)35-24(4,5)6/h7-9,14,17,19,30H,10-11,13H2,1-6H3,(H2,26,31)(H,27,34)(H,28,32). The van der Waals surface area contributed by atoms with Gasteiger partial charge in [-0.2, -0.15) is 5.26 Å². The van der Waals surface area contributed by atoms with Crippen molar-refractivity contribution in [2.24, 2.45) is 5.73 Å². The second-order valence-corrected chi connectivity index (χ2v) is 10.1. The third-order valence-corrected chi connectivity index (χ3v) is 4.44. The summed E-state index contributed by atoms with van der Waals surface area (Å²) in [6.45, 7) is 9.66. The smallest absolute Gasteiger partial charge is 0.408 e. The van der Waals surface area contributed by atoms with Crippen LogP contribution in [0.25, 0.3) is 0 Å². The highest BCUT2D eigenvalue weighted by atomic mass is 16.6. The number of alkyl carbamates (subject to hydrolysis) is 1. The van der Waals surface area contributed by atoms with Crippen LogP contribution in [0.1, 0.15) is 66.0 Å². The Morgan fingerprint density at radius 2 is 1.80 bits per heavy atom. The third kappa shape index (κ3) is 10.3. The van der Waals surface area contributed by atoms with Crippen LogP contribution >= 0.6 is 0 Å². The van der Waals surface area contributed by atoms with E-state index in [1.165, 1.54) is 24.3 Å². The molecule has 4 amide bonds. The highest BCUT2D eigenvalue weighted by Crippen LogP contribution is 2.26. The number of nitrogens with two attached hydrogens (primary N) is 1. The molecule has 0 bridgehead atoms. The topological polar surface area (TPSA) is 175 Å². The van der Waals surface area contributed by atoms with Crippen LogP contribution in [0.5, 0.6) is 5.75 Å². The van der Waals surface area contributed by atoms with Crippen LogP contribution in [-0.2, 0) is 19.1 Å². The lowest BCUT2D eigenvalue weighted by atomic mass is 9.99. The van der Waals surface area contributed by atoms with Gasteiger partial charge < -0.3 is 31.1 Å². The van der Waals surface area contributed by atoms with Crippen LogP contribution in [0.15, 0.2) is 24.3 Å². The molecule has 1 rings (SSSR count). The number of ether oxygens (including phenoxy) is 1. The first kappa shape index (κ1) is 29.2. The first-order chi connectivity index (χ1) is 16.0. The molecule has 2 unspecified atom stereocenters. The Bertz CT molecular complexity index is 974. The van der Waals surface area contributed by atoms with E-state index in [0.29, 0.717) is 0 Å². The van der Waals surface area contributed by atoms with Gasteiger partial charge >= 0.3 is 6.09 Å². The summed E-state index contributed by atoms with van der Waals surface area (Å²) >= 11 is 0. The van der Waals surface area contributed by atoms with Crippen molar-refractivity contribution in [3.63, 3.8) is 0 Å². The zero-order valence-electron chi connectivity index (χ0n) is 21.0. The van der Waals surface area contributed by atoms with Gasteiger partial charge in [0.05, 0.1) is 6.07 Å². The lowest BCUT2D eigenvalue weighted by Crippen LogP contribution is -2.54. The number of amides is 4. The van der Waals surface area contributed by atoms with E-state index in [-0.39, 0.29) is 24.2 Å². The van der Waals surface area contributed by atoms with Gasteiger partial charge in [0.1, 0.15) is 30.0 Å². The van der Waals surface area contributed by atoms with E-state index >= 15 is 0 Å². The fourth-order valence-electron chi connectivity index (χ4n) is 3.17. The number of primary amides is 1. The molecule has 11 heteroatoms. The number of hydrogen-bond donors (Lipinski definition) is 4. The molecule has 1 aromatic rings. The number of nitrogens with one attached hydrogen (secondary N) is 2. The first-order valence-corrected chi connectivity index (χ1v) is 11.1. The summed E-state index contributed by atoms with van der Waals surface area (Å²) in [6, 6.07) is 4.99. The molecule has 1 aromatic carbocycles. The average molecular weight is 490 g/mol. The highest BCUT2D eigenvalue weighted by Gasteiger charge is 2.37. The van der Waals surface area contributed by atoms with Gasteiger partial charge in [0.25, 0.3) is 0 Å². The summed E-state index contributed by atoms with van der Waals surface area (Å²) < 4.78 is 5.22. The molecular weight excluding hydrogens is 454 g/mol. The van der Waals surface area contributed by atoms with Gasteiger partial charge in [-0.15, -0.1) is 0 Å². The number of hydrogen-bond acceptors (Lipinski definition) is 7. The zero-order valence-corrected chi connectivity index (χ0v) is 21.0. The van der Waals surface area contributed by atoms with Crippen molar-refractivity contribution in [1.29, 1.82) is 5.26 Å². The molecular formula is C24H35N5O6. The van der Waals surface area contributed by atoms with Crippen molar-refractivity contribution in [2.45, 2.75) is 77.6 Å². The lowest BCUT2D eigenvalue weighted by Gasteiger charge is -2.34. The van der Waals surface area contributed by atoms with E-state index in [0.717, 1.165) is 4.90 Å². The summed E-state index contributed by atoms with van der Waals surface area (Å²) in [5.41, 5.74) is 3.96. The van der Waals surface area contributed by atoms with E-state index in [2.05, 4.69) is 10.6 Å². The maximum Gasteiger partial charge on any atom is 0.408 e. The quantitative estimate of drug-likeness (QED) is 0.383. The Morgan fingerprint density at radius 1 is 1.17 bits per heavy atom. The number of benzene rings is 1. The van der Waals surface area contributed by atoms with Crippen LogP contribution in [0.4, 0.5) is 4.79 Å². The molecule has 0 radical (unpaired) electrons. The highest BCUT2D eigenvalue weighted by molar-refractivity contribution is 5.93. The van der Waals surface area contributed by atoms with Crippen molar-refractivity contribution >= 4 is 23.8 Å². The van der Waals surface area contributed by atoms with Gasteiger partial charge in [0, 0.05) is 12.0 Å². The van der Waals surface area contributed by atoms with Crippen molar-refractivity contribution in [1.82, 2.24) is 15.5 Å². The molecule has 35 heavy (non-hydrogen) atoms. The second-order valence-electron chi connectivity index (χ2n) is 10.1. The number of phenolic OH excluding ortho intramolecular Hbond substituents is 1.